The van der Waals surface area contributed by atoms with Crippen molar-refractivity contribution in [3.63, 3.8) is 0 Å². The van der Waals surface area contributed by atoms with E-state index in [2.05, 4.69) is 5.10 Å². The van der Waals surface area contributed by atoms with Crippen LogP contribution in [0.4, 0.5) is 10.1 Å². The van der Waals surface area contributed by atoms with Crippen LogP contribution in [-0.4, -0.2) is 18.2 Å². The summed E-state index contributed by atoms with van der Waals surface area (Å²) >= 11 is 6.14. The van der Waals surface area contributed by atoms with E-state index in [1.165, 1.54) is 16.8 Å². The molecule has 2 aromatic rings. The van der Waals surface area contributed by atoms with Crippen LogP contribution in [0, 0.1) is 5.82 Å². The third kappa shape index (κ3) is 3.03. The maximum atomic E-state index is 13.4. The zero-order chi connectivity index (χ0) is 15.8. The van der Waals surface area contributed by atoms with Crippen LogP contribution in [0.25, 0.3) is 0 Å². The summed E-state index contributed by atoms with van der Waals surface area (Å²) in [7, 11) is -2.11. The Morgan fingerprint density at radius 2 is 2.10 bits per heavy atom. The van der Waals surface area contributed by atoms with Gasteiger partial charge in [0, 0.05) is 7.05 Å². The summed E-state index contributed by atoms with van der Waals surface area (Å²) in [5.74, 6) is -1.11. The number of nitrogens with zero attached hydrogens (tertiary/aromatic N) is 2. The lowest BCUT2D eigenvalue weighted by molar-refractivity contribution is 0.587. The van der Waals surface area contributed by atoms with Gasteiger partial charge in [-0.25, -0.2) is 12.8 Å². The molecule has 114 valence electrons. The number of sulfone groups is 1. The molecule has 0 saturated carbocycles. The van der Waals surface area contributed by atoms with E-state index in [0.29, 0.717) is 22.8 Å². The molecule has 1 aromatic heterocycles. The number of aryl methyl sites for hydroxylation is 2. The van der Waals surface area contributed by atoms with Crippen LogP contribution in [0.15, 0.2) is 23.1 Å². The lowest BCUT2D eigenvalue weighted by Crippen LogP contribution is -2.10. The highest BCUT2D eigenvalue weighted by Gasteiger charge is 2.22. The van der Waals surface area contributed by atoms with Crippen molar-refractivity contribution < 1.29 is 12.8 Å². The fourth-order valence-electron chi connectivity index (χ4n) is 1.94. The zero-order valence-electron chi connectivity index (χ0n) is 11.6. The van der Waals surface area contributed by atoms with E-state index in [-0.39, 0.29) is 16.3 Å². The van der Waals surface area contributed by atoms with Crippen LogP contribution in [0.1, 0.15) is 18.3 Å². The number of rotatable bonds is 4. The fraction of sp³-hybridized carbons (Fsp3) is 0.308. The van der Waals surface area contributed by atoms with Crippen molar-refractivity contribution in [2.75, 3.05) is 5.73 Å². The van der Waals surface area contributed by atoms with Gasteiger partial charge in [0.15, 0.2) is 9.84 Å². The minimum atomic E-state index is -3.73. The predicted octanol–water partition coefficient (Wildman–Crippen LogP) is 2.33. The van der Waals surface area contributed by atoms with Gasteiger partial charge in [-0.05, 0) is 24.6 Å². The quantitative estimate of drug-likeness (QED) is 0.872. The van der Waals surface area contributed by atoms with Gasteiger partial charge >= 0.3 is 0 Å². The van der Waals surface area contributed by atoms with Crippen molar-refractivity contribution in [1.82, 2.24) is 9.78 Å². The normalized spacial score (nSPS) is 11.8. The first-order chi connectivity index (χ1) is 9.76. The average Bonchev–Trinajstić information content (AvgIpc) is 2.69. The number of benzene rings is 1. The molecule has 1 aromatic carbocycles. The van der Waals surface area contributed by atoms with E-state index in [1.807, 2.05) is 6.92 Å². The van der Waals surface area contributed by atoms with Crippen molar-refractivity contribution in [1.29, 1.82) is 0 Å². The summed E-state index contributed by atoms with van der Waals surface area (Å²) in [6.45, 7) is 1.88. The van der Waals surface area contributed by atoms with Crippen molar-refractivity contribution >= 4 is 27.1 Å². The molecule has 0 aliphatic rings. The molecular weight excluding hydrogens is 317 g/mol. The third-order valence-electron chi connectivity index (χ3n) is 3.16. The lowest BCUT2D eigenvalue weighted by Gasteiger charge is -2.07. The molecule has 0 saturated heterocycles. The van der Waals surface area contributed by atoms with Gasteiger partial charge in [-0.3, -0.25) is 4.68 Å². The molecule has 2 rings (SSSR count). The maximum Gasteiger partial charge on any atom is 0.184 e. The number of hydrogen-bond donors (Lipinski definition) is 1. The molecular formula is C13H15ClFN3O2S. The first-order valence-electron chi connectivity index (χ1n) is 6.24. The molecule has 0 amide bonds. The first kappa shape index (κ1) is 15.8. The molecule has 21 heavy (non-hydrogen) atoms. The smallest absolute Gasteiger partial charge is 0.184 e. The molecule has 2 N–H and O–H groups in total. The summed E-state index contributed by atoms with van der Waals surface area (Å²) < 4.78 is 39.6. The predicted molar refractivity (Wildman–Crippen MR) is 79.3 cm³/mol. The third-order valence-corrected chi connectivity index (χ3v) is 5.22. The van der Waals surface area contributed by atoms with Crippen LogP contribution in [0.3, 0.4) is 0 Å². The Labute approximate surface area is 127 Å². The number of hydrogen-bond acceptors (Lipinski definition) is 4. The van der Waals surface area contributed by atoms with Gasteiger partial charge in [-0.1, -0.05) is 18.5 Å². The van der Waals surface area contributed by atoms with E-state index in [1.54, 1.807) is 7.05 Å². The number of nitrogen functional groups attached to an aromatic ring is 1. The highest BCUT2D eigenvalue weighted by atomic mass is 35.5. The molecule has 0 fully saturated rings. The van der Waals surface area contributed by atoms with Crippen molar-refractivity contribution in [3.8, 4) is 0 Å². The molecule has 0 atom stereocenters. The fourth-order valence-corrected chi connectivity index (χ4v) is 3.80. The lowest BCUT2D eigenvalue weighted by atomic mass is 10.3. The Morgan fingerprint density at radius 3 is 2.62 bits per heavy atom. The van der Waals surface area contributed by atoms with Gasteiger partial charge in [0.05, 0.1) is 32.7 Å². The Bertz CT molecular complexity index is 787. The van der Waals surface area contributed by atoms with Gasteiger partial charge in [-0.2, -0.15) is 5.10 Å². The Balaban J connectivity index is 2.42. The van der Waals surface area contributed by atoms with E-state index in [0.717, 1.165) is 6.07 Å². The van der Waals surface area contributed by atoms with Crippen LogP contribution in [0.2, 0.25) is 5.02 Å². The number of nitrogens with two attached hydrogens (primary N) is 1. The zero-order valence-corrected chi connectivity index (χ0v) is 13.2. The minimum Gasteiger partial charge on any atom is -0.396 e. The van der Waals surface area contributed by atoms with Gasteiger partial charge in [0.25, 0.3) is 0 Å². The molecule has 0 aliphatic carbocycles. The SMILES string of the molecule is CCc1nn(C)c(CS(=O)(=O)c2ccc(N)c(F)c2)c1Cl. The second-order valence-electron chi connectivity index (χ2n) is 4.63. The average molecular weight is 332 g/mol. The largest absolute Gasteiger partial charge is 0.396 e. The minimum absolute atomic E-state index is 0.0965. The number of halogens is 2. The standard InChI is InChI=1S/C13H15ClFN3O2S/c1-3-11-13(14)12(18(2)17-11)7-21(19,20)8-4-5-10(16)9(15)6-8/h4-6H,3,7,16H2,1-2H3. The number of aromatic nitrogens is 2. The summed E-state index contributed by atoms with van der Waals surface area (Å²) in [6, 6.07) is 3.42. The van der Waals surface area contributed by atoms with Gasteiger partial charge in [-0.15, -0.1) is 0 Å². The summed E-state index contributed by atoms with van der Waals surface area (Å²) in [5.41, 5.74) is 6.27. The van der Waals surface area contributed by atoms with Crippen LogP contribution in [0.5, 0.6) is 0 Å². The summed E-state index contributed by atoms with van der Waals surface area (Å²) in [4.78, 5) is -0.135. The Hall–Kier alpha value is -1.60. The highest BCUT2D eigenvalue weighted by Crippen LogP contribution is 2.26. The van der Waals surface area contributed by atoms with E-state index in [4.69, 9.17) is 17.3 Å². The van der Waals surface area contributed by atoms with E-state index < -0.39 is 15.7 Å². The van der Waals surface area contributed by atoms with E-state index in [9.17, 15) is 12.8 Å². The topological polar surface area (TPSA) is 78.0 Å². The van der Waals surface area contributed by atoms with Crippen molar-refractivity contribution in [2.45, 2.75) is 24.0 Å². The number of anilines is 1. The van der Waals surface area contributed by atoms with Gasteiger partial charge in [0.2, 0.25) is 0 Å². The summed E-state index contributed by atoms with van der Waals surface area (Å²) in [6.07, 6.45) is 0.600. The molecule has 0 radical (unpaired) electrons. The Morgan fingerprint density at radius 1 is 1.43 bits per heavy atom. The highest BCUT2D eigenvalue weighted by molar-refractivity contribution is 7.90. The van der Waals surface area contributed by atoms with Crippen LogP contribution < -0.4 is 5.73 Å². The second kappa shape index (κ2) is 5.65. The maximum absolute atomic E-state index is 13.4. The molecule has 5 nitrogen and oxygen atoms in total. The molecule has 1 heterocycles. The molecule has 0 aliphatic heterocycles. The van der Waals surface area contributed by atoms with Crippen molar-refractivity contribution in [3.05, 3.63) is 40.4 Å². The van der Waals surface area contributed by atoms with Crippen LogP contribution >= 0.6 is 11.6 Å². The molecule has 0 bridgehead atoms. The monoisotopic (exact) mass is 331 g/mol. The summed E-state index contributed by atoms with van der Waals surface area (Å²) in [5, 5.41) is 4.50. The molecule has 0 unspecified atom stereocenters. The van der Waals surface area contributed by atoms with E-state index >= 15 is 0 Å². The van der Waals surface area contributed by atoms with Crippen molar-refractivity contribution in [2.24, 2.45) is 7.05 Å². The van der Waals surface area contributed by atoms with Crippen LogP contribution in [-0.2, 0) is 29.1 Å². The van der Waals surface area contributed by atoms with Gasteiger partial charge in [0.1, 0.15) is 5.82 Å². The van der Waals surface area contributed by atoms with Gasteiger partial charge < -0.3 is 5.73 Å². The first-order valence-corrected chi connectivity index (χ1v) is 8.27. The molecule has 0 spiro atoms. The second-order valence-corrected chi connectivity index (χ2v) is 6.99. The molecule has 8 heteroatoms. The Kier molecular flexibility index (Phi) is 4.25.